The number of rotatable bonds is 1. The summed E-state index contributed by atoms with van der Waals surface area (Å²) < 4.78 is 0. The molecule has 0 spiro atoms. The lowest BCUT2D eigenvalue weighted by Gasteiger charge is -2.31. The Bertz CT molecular complexity index is 379. The summed E-state index contributed by atoms with van der Waals surface area (Å²) in [7, 11) is 3.94. The minimum atomic E-state index is 0.142. The van der Waals surface area contributed by atoms with Crippen molar-refractivity contribution >= 4 is 11.7 Å². The van der Waals surface area contributed by atoms with Crippen LogP contribution in [-0.2, 0) is 0 Å². The Morgan fingerprint density at radius 1 is 1.43 bits per heavy atom. The second kappa shape index (κ2) is 3.09. The maximum atomic E-state index is 4.41. The van der Waals surface area contributed by atoms with Crippen LogP contribution in [0.1, 0.15) is 24.6 Å². The average Bonchev–Trinajstić information content (AvgIpc) is 2.47. The number of aliphatic imine (C=N–C) groups is 1. The molecule has 0 saturated heterocycles. The van der Waals surface area contributed by atoms with Gasteiger partial charge in [-0.25, -0.2) is 9.98 Å². The number of aromatic nitrogens is 2. The van der Waals surface area contributed by atoms with Gasteiger partial charge in [-0.3, -0.25) is 5.32 Å². The maximum absolute atomic E-state index is 4.41. The van der Waals surface area contributed by atoms with Gasteiger partial charge in [-0.2, -0.15) is 0 Å². The maximum Gasteiger partial charge on any atom is 0.178 e. The third kappa shape index (κ3) is 1.21. The van der Waals surface area contributed by atoms with Gasteiger partial charge in [-0.05, 0) is 20.9 Å². The molecule has 1 aliphatic rings. The normalized spacial score (nSPS) is 20.7. The smallest absolute Gasteiger partial charge is 0.178 e. The zero-order chi connectivity index (χ0) is 10.3. The number of amidine groups is 1. The molecule has 0 aromatic carbocycles. The first-order valence-electron chi connectivity index (χ1n) is 4.65. The van der Waals surface area contributed by atoms with E-state index in [0.29, 0.717) is 0 Å². The number of H-pyrrole nitrogens is 1. The van der Waals surface area contributed by atoms with Gasteiger partial charge in [-0.15, -0.1) is 0 Å². The molecule has 5 nitrogen and oxygen atoms in total. The van der Waals surface area contributed by atoms with Crippen LogP contribution in [0.15, 0.2) is 4.99 Å². The summed E-state index contributed by atoms with van der Waals surface area (Å²) in [5.41, 5.74) is 1.04. The summed E-state index contributed by atoms with van der Waals surface area (Å²) in [5, 5.41) is 3.23. The highest BCUT2D eigenvalue weighted by atomic mass is 15.3. The summed E-state index contributed by atoms with van der Waals surface area (Å²) in [6, 6.07) is 0. The van der Waals surface area contributed by atoms with Gasteiger partial charge in [0.05, 0.1) is 5.69 Å². The summed E-state index contributed by atoms with van der Waals surface area (Å²) >= 11 is 0. The molecular formula is C9H15N5. The molecule has 0 fully saturated rings. The van der Waals surface area contributed by atoms with E-state index < -0.39 is 0 Å². The Morgan fingerprint density at radius 3 is 2.79 bits per heavy atom. The molecule has 1 aromatic rings. The van der Waals surface area contributed by atoms with E-state index in [1.807, 2.05) is 27.9 Å². The van der Waals surface area contributed by atoms with Crippen molar-refractivity contribution in [3.8, 4) is 0 Å². The number of aromatic amines is 1. The molecule has 0 amide bonds. The average molecular weight is 193 g/mol. The Kier molecular flexibility index (Phi) is 2.03. The standard InChI is InChI=1S/C9H15N5/c1-5-11-7-8(12-5)13-6(2)14(4)9(7)10-3/h9-10H,1-4H3,(H,11,12). The highest BCUT2D eigenvalue weighted by Gasteiger charge is 2.26. The molecule has 0 saturated carbocycles. The van der Waals surface area contributed by atoms with Crippen molar-refractivity contribution in [1.29, 1.82) is 0 Å². The minimum absolute atomic E-state index is 0.142. The molecule has 2 N–H and O–H groups in total. The fraction of sp³-hybridized carbons (Fsp3) is 0.556. The van der Waals surface area contributed by atoms with Crippen molar-refractivity contribution in [2.75, 3.05) is 14.1 Å². The first-order chi connectivity index (χ1) is 6.63. The molecule has 0 radical (unpaired) electrons. The third-order valence-electron chi connectivity index (χ3n) is 2.54. The molecular weight excluding hydrogens is 178 g/mol. The predicted octanol–water partition coefficient (Wildman–Crippen LogP) is 0.931. The van der Waals surface area contributed by atoms with E-state index >= 15 is 0 Å². The zero-order valence-electron chi connectivity index (χ0n) is 8.92. The SMILES string of the molecule is CNC1c2[nH]c(C)nc2N=C(C)N1C. The van der Waals surface area contributed by atoms with Crippen molar-refractivity contribution in [3.05, 3.63) is 11.5 Å². The first-order valence-corrected chi connectivity index (χ1v) is 4.65. The minimum Gasteiger partial charge on any atom is -0.342 e. The first kappa shape index (κ1) is 9.21. The Labute approximate surface area is 83.2 Å². The molecule has 0 aliphatic carbocycles. The van der Waals surface area contributed by atoms with Crippen LogP contribution in [0.3, 0.4) is 0 Å². The Hall–Kier alpha value is -1.36. The van der Waals surface area contributed by atoms with Gasteiger partial charge in [-0.1, -0.05) is 0 Å². The molecule has 2 heterocycles. The molecule has 2 rings (SSSR count). The quantitative estimate of drug-likeness (QED) is 0.697. The van der Waals surface area contributed by atoms with Gasteiger partial charge < -0.3 is 9.88 Å². The van der Waals surface area contributed by atoms with E-state index in [2.05, 4.69) is 25.2 Å². The van der Waals surface area contributed by atoms with E-state index in [9.17, 15) is 0 Å². The topological polar surface area (TPSA) is 56.3 Å². The van der Waals surface area contributed by atoms with Gasteiger partial charge >= 0.3 is 0 Å². The van der Waals surface area contributed by atoms with E-state index in [1.165, 1.54) is 0 Å². The summed E-state index contributed by atoms with van der Waals surface area (Å²) in [5.74, 6) is 2.68. The highest BCUT2D eigenvalue weighted by molar-refractivity contribution is 5.84. The molecule has 0 bridgehead atoms. The number of nitrogens with zero attached hydrogens (tertiary/aromatic N) is 3. The van der Waals surface area contributed by atoms with Gasteiger partial charge in [0.25, 0.3) is 0 Å². The summed E-state index contributed by atoms with van der Waals surface area (Å²) in [6.45, 7) is 3.92. The van der Waals surface area contributed by atoms with E-state index in [4.69, 9.17) is 0 Å². The van der Waals surface area contributed by atoms with Gasteiger partial charge in [0.1, 0.15) is 17.8 Å². The fourth-order valence-electron chi connectivity index (χ4n) is 1.72. The van der Waals surface area contributed by atoms with Crippen molar-refractivity contribution < 1.29 is 0 Å². The predicted molar refractivity (Wildman–Crippen MR) is 55.7 cm³/mol. The van der Waals surface area contributed by atoms with Crippen molar-refractivity contribution in [2.45, 2.75) is 20.0 Å². The second-order valence-electron chi connectivity index (χ2n) is 3.52. The van der Waals surface area contributed by atoms with Crippen molar-refractivity contribution in [1.82, 2.24) is 20.2 Å². The Balaban J connectivity index is 2.52. The largest absolute Gasteiger partial charge is 0.342 e. The highest BCUT2D eigenvalue weighted by Crippen LogP contribution is 2.29. The van der Waals surface area contributed by atoms with E-state index in [1.54, 1.807) is 0 Å². The lowest BCUT2D eigenvalue weighted by atomic mass is 10.2. The number of fused-ring (bicyclic) bond motifs is 1. The van der Waals surface area contributed by atoms with Crippen LogP contribution in [0.25, 0.3) is 0 Å². The molecule has 76 valence electrons. The van der Waals surface area contributed by atoms with Crippen molar-refractivity contribution in [3.63, 3.8) is 0 Å². The molecule has 14 heavy (non-hydrogen) atoms. The monoisotopic (exact) mass is 193 g/mol. The molecule has 1 aromatic heterocycles. The zero-order valence-corrected chi connectivity index (χ0v) is 8.92. The number of nitrogens with one attached hydrogen (secondary N) is 2. The van der Waals surface area contributed by atoms with Gasteiger partial charge in [0.15, 0.2) is 5.82 Å². The number of aryl methyl sites for hydroxylation is 1. The number of hydrogen-bond acceptors (Lipinski definition) is 4. The second-order valence-corrected chi connectivity index (χ2v) is 3.52. The van der Waals surface area contributed by atoms with Crippen LogP contribution < -0.4 is 5.32 Å². The van der Waals surface area contributed by atoms with Crippen LogP contribution in [-0.4, -0.2) is 34.8 Å². The van der Waals surface area contributed by atoms with E-state index in [0.717, 1.165) is 23.2 Å². The lowest BCUT2D eigenvalue weighted by Crippen LogP contribution is -2.39. The summed E-state index contributed by atoms with van der Waals surface area (Å²) in [6.07, 6.45) is 0.142. The van der Waals surface area contributed by atoms with Gasteiger partial charge in [0, 0.05) is 7.05 Å². The van der Waals surface area contributed by atoms with Crippen LogP contribution in [0.2, 0.25) is 0 Å². The molecule has 1 aliphatic heterocycles. The summed E-state index contributed by atoms with van der Waals surface area (Å²) in [4.78, 5) is 14.0. The Morgan fingerprint density at radius 2 is 2.14 bits per heavy atom. The fourth-order valence-corrected chi connectivity index (χ4v) is 1.72. The van der Waals surface area contributed by atoms with E-state index in [-0.39, 0.29) is 6.17 Å². The van der Waals surface area contributed by atoms with Crippen LogP contribution in [0.5, 0.6) is 0 Å². The molecule has 1 unspecified atom stereocenters. The lowest BCUT2D eigenvalue weighted by molar-refractivity contribution is 0.318. The van der Waals surface area contributed by atoms with Crippen LogP contribution >= 0.6 is 0 Å². The molecule has 5 heteroatoms. The van der Waals surface area contributed by atoms with Crippen LogP contribution in [0.4, 0.5) is 5.82 Å². The number of imidazole rings is 1. The van der Waals surface area contributed by atoms with Crippen molar-refractivity contribution in [2.24, 2.45) is 4.99 Å². The van der Waals surface area contributed by atoms with Crippen LogP contribution in [0, 0.1) is 6.92 Å². The number of hydrogen-bond donors (Lipinski definition) is 2. The van der Waals surface area contributed by atoms with Gasteiger partial charge in [0.2, 0.25) is 0 Å². The molecule has 1 atom stereocenters. The third-order valence-corrected chi connectivity index (χ3v) is 2.54.